The van der Waals surface area contributed by atoms with Crippen LogP contribution in [0.3, 0.4) is 0 Å². The van der Waals surface area contributed by atoms with Crippen LogP contribution in [0.15, 0.2) is 25.3 Å². The molecule has 17 heavy (non-hydrogen) atoms. The van der Waals surface area contributed by atoms with E-state index in [4.69, 9.17) is 0 Å². The fourth-order valence-corrected chi connectivity index (χ4v) is 0. The molecule has 0 saturated heterocycles. The first-order valence-electron chi connectivity index (χ1n) is 1.72. The monoisotopic (exact) mass is 306 g/mol. The van der Waals surface area contributed by atoms with E-state index >= 15 is 0 Å². The highest BCUT2D eigenvalue weighted by Crippen LogP contribution is 1.85. The Hall–Kier alpha value is -1.36. The van der Waals surface area contributed by atoms with Crippen LogP contribution in [0.2, 0.25) is 0 Å². The van der Waals surface area contributed by atoms with E-state index < -0.39 is 6.08 Å². The lowest BCUT2D eigenvalue weighted by Crippen LogP contribution is -1.33. The van der Waals surface area contributed by atoms with Crippen LogP contribution < -0.4 is 0 Å². The minimum atomic E-state index is -1.83. The van der Waals surface area contributed by atoms with Gasteiger partial charge in [-0.15, -0.1) is 6.58 Å². The first kappa shape index (κ1) is 253. The van der Waals surface area contributed by atoms with Gasteiger partial charge in [0.15, 0.2) is 0 Å². The zero-order chi connectivity index (χ0) is 6.28. The summed E-state index contributed by atoms with van der Waals surface area (Å²) in [5, 5.41) is 0. The second kappa shape index (κ2) is 391. The highest BCUT2D eigenvalue weighted by molar-refractivity contribution is 4.57. The van der Waals surface area contributed by atoms with Crippen LogP contribution in [0.4, 0.5) is 55.8 Å². The zero-order valence-corrected chi connectivity index (χ0v) is 8.33. The lowest BCUT2D eigenvalue weighted by Gasteiger charge is -1.54. The molecular formula is C5H18F12. The van der Waals surface area contributed by atoms with Crippen molar-refractivity contribution >= 4 is 0 Å². The Bertz CT molecular complexity index is 61.9. The van der Waals surface area contributed by atoms with E-state index in [1.165, 1.54) is 0 Å². The summed E-state index contributed by atoms with van der Waals surface area (Å²) < 4.78 is 20.3. The maximum atomic E-state index is 10.1. The average Bonchev–Trinajstić information content (AvgIpc) is 1.33. The smallest absolute Gasteiger partial charge is 0.263 e. The maximum absolute atomic E-state index is 10.1. The van der Waals surface area contributed by atoms with Crippen molar-refractivity contribution in [1.82, 2.24) is 0 Å². The van der Waals surface area contributed by atoms with E-state index in [2.05, 4.69) is 13.2 Å². The molecule has 0 aromatic carbocycles. The standard InChI is InChI=1S/C3H6.C2H2F2.10FH/c1-3-2;1-2(3)4;;;;;;;;;;/h3H,1H2,2H3;1H2;10*1H. The first-order valence-corrected chi connectivity index (χ1v) is 1.72. The molecule has 0 atom stereocenters. The van der Waals surface area contributed by atoms with Crippen LogP contribution in [0.5, 0.6) is 0 Å². The van der Waals surface area contributed by atoms with Gasteiger partial charge >= 0.3 is 0 Å². The molecule has 0 unspecified atom stereocenters. The third-order valence-electron chi connectivity index (χ3n) is 0. The summed E-state index contributed by atoms with van der Waals surface area (Å²) in [5.41, 5.74) is 0. The molecule has 12 heteroatoms. The van der Waals surface area contributed by atoms with Gasteiger partial charge in [0, 0.05) is 0 Å². The summed E-state index contributed by atoms with van der Waals surface area (Å²) in [7, 11) is 0. The Morgan fingerprint density at radius 2 is 0.706 bits per heavy atom. The number of halogens is 12. The average molecular weight is 306 g/mol. The molecule has 122 valence electrons. The maximum Gasteiger partial charge on any atom is 0.263 e. The highest BCUT2D eigenvalue weighted by atomic mass is 19.3. The van der Waals surface area contributed by atoms with Crippen LogP contribution in [-0.4, -0.2) is 0 Å². The Balaban J connectivity index is -0.00000000187. The molecule has 0 spiro atoms. The van der Waals surface area contributed by atoms with Gasteiger partial charge < -0.3 is 0 Å². The minimum Gasteiger partial charge on any atom is -0.269 e. The topological polar surface area (TPSA) is 0 Å². The summed E-state index contributed by atoms with van der Waals surface area (Å²) in [6.07, 6.45) is -0.0833. The van der Waals surface area contributed by atoms with Gasteiger partial charge in [-0.2, -0.15) is 8.78 Å². The van der Waals surface area contributed by atoms with Crippen molar-refractivity contribution in [3.05, 3.63) is 25.3 Å². The summed E-state index contributed by atoms with van der Waals surface area (Å²) in [6, 6.07) is 0. The molecule has 0 aliphatic heterocycles. The van der Waals surface area contributed by atoms with Gasteiger partial charge in [0.1, 0.15) is 0 Å². The molecule has 0 radical (unpaired) electrons. The van der Waals surface area contributed by atoms with E-state index in [-0.39, 0.29) is 47.0 Å². The van der Waals surface area contributed by atoms with Crippen LogP contribution in [0.25, 0.3) is 0 Å². The second-order valence-electron chi connectivity index (χ2n) is 0.747. The SMILES string of the molecule is C=C(F)F.C=CC.F.F.F.F.F.F.F.F.F.F. The molecule has 0 aromatic rings. The van der Waals surface area contributed by atoms with E-state index in [0.717, 1.165) is 0 Å². The summed E-state index contributed by atoms with van der Waals surface area (Å²) >= 11 is 0. The van der Waals surface area contributed by atoms with Crippen LogP contribution in [0.1, 0.15) is 6.92 Å². The van der Waals surface area contributed by atoms with Crippen molar-refractivity contribution in [2.75, 3.05) is 0 Å². The molecule has 0 fully saturated rings. The van der Waals surface area contributed by atoms with Gasteiger partial charge in [-0.3, -0.25) is 47.0 Å². The van der Waals surface area contributed by atoms with Crippen molar-refractivity contribution < 1.29 is 55.8 Å². The number of allylic oxidation sites excluding steroid dienone is 1. The summed E-state index contributed by atoms with van der Waals surface area (Å²) in [5.74, 6) is 0. The van der Waals surface area contributed by atoms with Gasteiger partial charge in [-0.25, -0.2) is 0 Å². The lowest BCUT2D eigenvalue weighted by atomic mass is 10.8. The third-order valence-corrected chi connectivity index (χ3v) is 0. The molecule has 0 aliphatic rings. The molecule has 0 aromatic heterocycles. The Labute approximate surface area is 89.4 Å². The van der Waals surface area contributed by atoms with E-state index in [1.54, 1.807) is 6.08 Å². The van der Waals surface area contributed by atoms with Crippen LogP contribution in [-0.2, 0) is 0 Å². The Kier molecular flexibility index (Phi) is 5820. The number of hydrogen-bond acceptors (Lipinski definition) is 0. The van der Waals surface area contributed by atoms with Gasteiger partial charge in [0.25, 0.3) is 6.08 Å². The van der Waals surface area contributed by atoms with E-state index in [1.807, 2.05) is 6.92 Å². The van der Waals surface area contributed by atoms with Crippen molar-refractivity contribution in [2.45, 2.75) is 6.92 Å². The van der Waals surface area contributed by atoms with Gasteiger partial charge in [-0.1, -0.05) is 6.08 Å². The molecule has 0 rings (SSSR count). The molecular weight excluding hydrogens is 288 g/mol. The number of rotatable bonds is 0. The Morgan fingerprint density at radius 1 is 0.706 bits per heavy atom. The Morgan fingerprint density at radius 3 is 0.706 bits per heavy atom. The minimum absolute atomic E-state index is 0. The molecule has 0 bridgehead atoms. The quantitative estimate of drug-likeness (QED) is 0.466. The van der Waals surface area contributed by atoms with Crippen molar-refractivity contribution in [2.24, 2.45) is 0 Å². The van der Waals surface area contributed by atoms with Gasteiger partial charge in [0.2, 0.25) is 0 Å². The van der Waals surface area contributed by atoms with Crippen molar-refractivity contribution in [3.8, 4) is 0 Å². The van der Waals surface area contributed by atoms with E-state index in [9.17, 15) is 8.78 Å². The van der Waals surface area contributed by atoms with Crippen LogP contribution >= 0.6 is 0 Å². The normalized spacial score (nSPS) is 2.29. The first-order chi connectivity index (χ1) is 3.15. The molecule has 0 heterocycles. The van der Waals surface area contributed by atoms with Gasteiger partial charge in [-0.05, 0) is 13.5 Å². The second-order valence-corrected chi connectivity index (χ2v) is 0.747. The summed E-state index contributed by atoms with van der Waals surface area (Å²) in [4.78, 5) is 0. The zero-order valence-electron chi connectivity index (χ0n) is 8.33. The fourth-order valence-electron chi connectivity index (χ4n) is 0. The van der Waals surface area contributed by atoms with Gasteiger partial charge in [0.05, 0.1) is 0 Å². The predicted molar refractivity (Wildman–Crippen MR) is 52.3 cm³/mol. The van der Waals surface area contributed by atoms with Crippen molar-refractivity contribution in [1.29, 1.82) is 0 Å². The summed E-state index contributed by atoms with van der Waals surface area (Å²) in [6.45, 7) is 7.47. The van der Waals surface area contributed by atoms with Crippen molar-refractivity contribution in [3.63, 3.8) is 0 Å². The molecule has 0 saturated carbocycles. The third kappa shape index (κ3) is 1260. The van der Waals surface area contributed by atoms with Crippen LogP contribution in [0, 0.1) is 0 Å². The predicted octanol–water partition coefficient (Wildman–Crippen LogP) is 4.11. The molecule has 0 amide bonds. The lowest BCUT2D eigenvalue weighted by molar-refractivity contribution is 0.426. The van der Waals surface area contributed by atoms with E-state index in [0.29, 0.717) is 0 Å². The molecule has 0 nitrogen and oxygen atoms in total. The molecule has 0 N–H and O–H groups in total. The highest BCUT2D eigenvalue weighted by Gasteiger charge is 1.65. The number of hydrogen-bond donors (Lipinski definition) is 0. The largest absolute Gasteiger partial charge is 0.269 e. The molecule has 0 aliphatic carbocycles. The fraction of sp³-hybridized carbons (Fsp3) is 0.200.